The first-order chi connectivity index (χ1) is 11.8. The van der Waals surface area contributed by atoms with E-state index >= 15 is 0 Å². The Morgan fingerprint density at radius 2 is 1.96 bits per heavy atom. The molecule has 3 aromatic heterocycles. The minimum atomic E-state index is 0.525. The van der Waals surface area contributed by atoms with Crippen LogP contribution in [0.2, 0.25) is 0 Å². The van der Waals surface area contributed by atoms with Gasteiger partial charge in [-0.15, -0.1) is 11.3 Å². The molecule has 1 fully saturated rings. The quantitative estimate of drug-likeness (QED) is 0.724. The summed E-state index contributed by atoms with van der Waals surface area (Å²) in [5.74, 6) is 2.06. The van der Waals surface area contributed by atoms with Crippen LogP contribution < -0.4 is 9.80 Å². The molecule has 0 saturated carbocycles. The van der Waals surface area contributed by atoms with Gasteiger partial charge < -0.3 is 14.3 Å². The van der Waals surface area contributed by atoms with Crippen LogP contribution in [0.25, 0.3) is 11.5 Å². The first kappa shape index (κ1) is 15.1. The molecule has 0 aliphatic carbocycles. The highest BCUT2D eigenvalue weighted by atomic mass is 32.1. The van der Waals surface area contributed by atoms with Crippen LogP contribution in [0.1, 0.15) is 12.2 Å². The third kappa shape index (κ3) is 2.96. The number of aromatic nitrogens is 4. The molecule has 3 aromatic rings. The summed E-state index contributed by atoms with van der Waals surface area (Å²) in [5, 5.41) is 7.01. The molecule has 7 nitrogen and oxygen atoms in total. The van der Waals surface area contributed by atoms with E-state index in [-0.39, 0.29) is 0 Å². The van der Waals surface area contributed by atoms with Crippen LogP contribution >= 0.6 is 11.3 Å². The topological polar surface area (TPSA) is 71.2 Å². The Bertz CT molecular complexity index is 803. The van der Waals surface area contributed by atoms with Crippen LogP contribution in [0.5, 0.6) is 0 Å². The summed E-state index contributed by atoms with van der Waals surface area (Å²) in [6.45, 7) is 5.58. The van der Waals surface area contributed by atoms with Gasteiger partial charge in [-0.25, -0.2) is 9.97 Å². The molecule has 8 heteroatoms. The molecule has 0 amide bonds. The average molecular weight is 342 g/mol. The smallest absolute Gasteiger partial charge is 0.261 e. The summed E-state index contributed by atoms with van der Waals surface area (Å²) in [4.78, 5) is 18.0. The van der Waals surface area contributed by atoms with Crippen molar-refractivity contribution in [1.82, 2.24) is 20.1 Å². The van der Waals surface area contributed by atoms with Gasteiger partial charge in [0.25, 0.3) is 5.89 Å². The Morgan fingerprint density at radius 1 is 1.08 bits per heavy atom. The summed E-state index contributed by atoms with van der Waals surface area (Å²) in [6.07, 6.45) is 4.72. The Balaban J connectivity index is 1.58. The van der Waals surface area contributed by atoms with Crippen molar-refractivity contribution in [3.63, 3.8) is 0 Å². The standard InChI is InChI=1S/C16H18N6OS/c1-12-19-15(23-20-12)13-4-2-5-17-14(13)21-7-3-8-22(10-9-21)16-18-6-11-24-16/h2,4-6,11H,3,7-10H2,1H3. The lowest BCUT2D eigenvalue weighted by atomic mass is 10.2. The van der Waals surface area contributed by atoms with Crippen LogP contribution in [-0.2, 0) is 0 Å². The van der Waals surface area contributed by atoms with E-state index in [1.165, 1.54) is 0 Å². The first-order valence-corrected chi connectivity index (χ1v) is 8.84. The van der Waals surface area contributed by atoms with E-state index in [9.17, 15) is 0 Å². The molecule has 4 rings (SSSR count). The van der Waals surface area contributed by atoms with E-state index in [1.807, 2.05) is 36.8 Å². The molecule has 0 spiro atoms. The molecular weight excluding hydrogens is 324 g/mol. The maximum Gasteiger partial charge on any atom is 0.261 e. The Morgan fingerprint density at radius 3 is 2.75 bits per heavy atom. The minimum absolute atomic E-state index is 0.525. The van der Waals surface area contributed by atoms with Gasteiger partial charge in [0.15, 0.2) is 11.0 Å². The predicted molar refractivity (Wildman–Crippen MR) is 93.4 cm³/mol. The molecule has 0 unspecified atom stereocenters. The van der Waals surface area contributed by atoms with Crippen molar-refractivity contribution in [1.29, 1.82) is 0 Å². The van der Waals surface area contributed by atoms with Gasteiger partial charge in [-0.05, 0) is 25.5 Å². The van der Waals surface area contributed by atoms with Crippen LogP contribution in [0.4, 0.5) is 10.9 Å². The minimum Gasteiger partial charge on any atom is -0.354 e. The van der Waals surface area contributed by atoms with E-state index < -0.39 is 0 Å². The van der Waals surface area contributed by atoms with Crippen LogP contribution in [-0.4, -0.2) is 46.3 Å². The molecule has 4 heterocycles. The van der Waals surface area contributed by atoms with Crippen LogP contribution in [0.15, 0.2) is 34.4 Å². The van der Waals surface area contributed by atoms with Crippen molar-refractivity contribution < 1.29 is 4.52 Å². The summed E-state index contributed by atoms with van der Waals surface area (Å²) in [7, 11) is 0. The van der Waals surface area contributed by atoms with Crippen molar-refractivity contribution >= 4 is 22.3 Å². The van der Waals surface area contributed by atoms with Crippen LogP contribution in [0.3, 0.4) is 0 Å². The fourth-order valence-electron chi connectivity index (χ4n) is 2.92. The highest BCUT2D eigenvalue weighted by Gasteiger charge is 2.21. The summed E-state index contributed by atoms with van der Waals surface area (Å²) >= 11 is 1.69. The number of rotatable bonds is 3. The van der Waals surface area contributed by atoms with Crippen molar-refractivity contribution in [3.8, 4) is 11.5 Å². The molecular formula is C16H18N6OS. The third-order valence-electron chi connectivity index (χ3n) is 4.03. The fraction of sp³-hybridized carbons (Fsp3) is 0.375. The molecule has 24 heavy (non-hydrogen) atoms. The van der Waals surface area contributed by atoms with Crippen molar-refractivity contribution in [3.05, 3.63) is 35.7 Å². The molecule has 0 radical (unpaired) electrons. The summed E-state index contributed by atoms with van der Waals surface area (Å²) < 4.78 is 5.35. The zero-order chi connectivity index (χ0) is 16.4. The van der Waals surface area contributed by atoms with Crippen molar-refractivity contribution in [2.75, 3.05) is 36.0 Å². The summed E-state index contributed by atoms with van der Waals surface area (Å²) in [5.41, 5.74) is 0.890. The largest absolute Gasteiger partial charge is 0.354 e. The van der Waals surface area contributed by atoms with Crippen molar-refractivity contribution in [2.24, 2.45) is 0 Å². The molecule has 124 valence electrons. The molecule has 0 atom stereocenters. The maximum absolute atomic E-state index is 5.35. The zero-order valence-corrected chi connectivity index (χ0v) is 14.2. The Hall–Kier alpha value is -2.48. The van der Waals surface area contributed by atoms with E-state index in [4.69, 9.17) is 4.52 Å². The van der Waals surface area contributed by atoms with Gasteiger partial charge in [-0.3, -0.25) is 0 Å². The highest BCUT2D eigenvalue weighted by molar-refractivity contribution is 7.13. The lowest BCUT2D eigenvalue weighted by molar-refractivity contribution is 0.425. The Labute approximate surface area is 144 Å². The third-order valence-corrected chi connectivity index (χ3v) is 4.86. The SMILES string of the molecule is Cc1noc(-c2cccnc2N2CCCN(c3nccs3)CC2)n1. The second kappa shape index (κ2) is 6.56. The molecule has 0 bridgehead atoms. The monoisotopic (exact) mass is 342 g/mol. The molecule has 1 aliphatic heterocycles. The van der Waals surface area contributed by atoms with Gasteiger partial charge in [-0.1, -0.05) is 5.16 Å². The summed E-state index contributed by atoms with van der Waals surface area (Å²) in [6, 6.07) is 3.89. The van der Waals surface area contributed by atoms with Crippen LogP contribution in [0, 0.1) is 6.92 Å². The highest BCUT2D eigenvalue weighted by Crippen LogP contribution is 2.29. The van der Waals surface area contributed by atoms with Gasteiger partial charge in [0, 0.05) is 44.0 Å². The predicted octanol–water partition coefficient (Wildman–Crippen LogP) is 2.61. The lowest BCUT2D eigenvalue weighted by Crippen LogP contribution is -2.31. The number of aryl methyl sites for hydroxylation is 1. The number of nitrogens with zero attached hydrogens (tertiary/aromatic N) is 6. The molecule has 0 aromatic carbocycles. The second-order valence-corrected chi connectivity index (χ2v) is 6.54. The van der Waals surface area contributed by atoms with Gasteiger partial charge >= 0.3 is 0 Å². The zero-order valence-electron chi connectivity index (χ0n) is 13.4. The van der Waals surface area contributed by atoms with E-state index in [1.54, 1.807) is 11.3 Å². The fourth-order valence-corrected chi connectivity index (χ4v) is 3.61. The first-order valence-electron chi connectivity index (χ1n) is 7.96. The number of anilines is 2. The lowest BCUT2D eigenvalue weighted by Gasteiger charge is -2.23. The number of hydrogen-bond donors (Lipinski definition) is 0. The Kier molecular flexibility index (Phi) is 4.12. The van der Waals surface area contributed by atoms with Gasteiger partial charge in [0.1, 0.15) is 5.82 Å². The normalized spacial score (nSPS) is 15.5. The number of hydrogen-bond acceptors (Lipinski definition) is 8. The maximum atomic E-state index is 5.35. The van der Waals surface area contributed by atoms with Gasteiger partial charge in [-0.2, -0.15) is 4.98 Å². The molecule has 1 saturated heterocycles. The van der Waals surface area contributed by atoms with E-state index in [0.717, 1.165) is 49.1 Å². The molecule has 0 N–H and O–H groups in total. The second-order valence-electron chi connectivity index (χ2n) is 5.66. The van der Waals surface area contributed by atoms with Crippen molar-refractivity contribution in [2.45, 2.75) is 13.3 Å². The number of pyridine rings is 1. The van der Waals surface area contributed by atoms with E-state index in [0.29, 0.717) is 11.7 Å². The van der Waals surface area contributed by atoms with E-state index in [2.05, 4.69) is 29.9 Å². The molecule has 1 aliphatic rings. The van der Waals surface area contributed by atoms with Gasteiger partial charge in [0.05, 0.1) is 5.56 Å². The average Bonchev–Trinajstić information content (AvgIpc) is 3.22. The number of thiazole rings is 1. The van der Waals surface area contributed by atoms with Gasteiger partial charge in [0.2, 0.25) is 0 Å².